The molecule has 1 heterocycles. The van der Waals surface area contributed by atoms with E-state index in [-0.39, 0.29) is 6.04 Å². The SMILES string of the molecule is CCC(C)CC(C)NS(=O)(=O)c1cc(CNC)sc1C. The van der Waals surface area contributed by atoms with E-state index >= 15 is 0 Å². The van der Waals surface area contributed by atoms with Crippen molar-refractivity contribution in [1.29, 1.82) is 0 Å². The van der Waals surface area contributed by atoms with Crippen LogP contribution < -0.4 is 10.0 Å². The second kappa shape index (κ2) is 7.54. The lowest BCUT2D eigenvalue weighted by atomic mass is 10.0. The summed E-state index contributed by atoms with van der Waals surface area (Å²) in [4.78, 5) is 2.31. The number of rotatable bonds is 8. The van der Waals surface area contributed by atoms with E-state index in [0.717, 1.165) is 22.6 Å². The summed E-state index contributed by atoms with van der Waals surface area (Å²) in [7, 11) is -1.55. The highest BCUT2D eigenvalue weighted by Crippen LogP contribution is 2.26. The van der Waals surface area contributed by atoms with E-state index in [0.29, 0.717) is 17.4 Å². The van der Waals surface area contributed by atoms with E-state index in [9.17, 15) is 8.42 Å². The van der Waals surface area contributed by atoms with Crippen LogP contribution >= 0.6 is 11.3 Å². The summed E-state index contributed by atoms with van der Waals surface area (Å²) in [6.45, 7) is 8.76. The van der Waals surface area contributed by atoms with Gasteiger partial charge in [0.15, 0.2) is 0 Å². The summed E-state index contributed by atoms with van der Waals surface area (Å²) >= 11 is 1.53. The molecule has 2 N–H and O–H groups in total. The molecule has 1 rings (SSSR count). The Morgan fingerprint density at radius 3 is 2.55 bits per heavy atom. The van der Waals surface area contributed by atoms with Gasteiger partial charge in [0, 0.05) is 22.3 Å². The molecule has 2 atom stereocenters. The highest BCUT2D eigenvalue weighted by atomic mass is 32.2. The Balaban J connectivity index is 2.83. The van der Waals surface area contributed by atoms with Gasteiger partial charge in [0.2, 0.25) is 10.0 Å². The summed E-state index contributed by atoms with van der Waals surface area (Å²) in [6.07, 6.45) is 1.93. The van der Waals surface area contributed by atoms with Gasteiger partial charge in [0.1, 0.15) is 0 Å². The van der Waals surface area contributed by atoms with Gasteiger partial charge in [0.25, 0.3) is 0 Å². The fourth-order valence-corrected chi connectivity index (χ4v) is 5.10. The number of aryl methyl sites for hydroxylation is 1. The van der Waals surface area contributed by atoms with Crippen LogP contribution in [-0.2, 0) is 16.6 Å². The van der Waals surface area contributed by atoms with Gasteiger partial charge in [-0.05, 0) is 39.3 Å². The topological polar surface area (TPSA) is 58.2 Å². The average Bonchev–Trinajstić information content (AvgIpc) is 2.70. The van der Waals surface area contributed by atoms with E-state index in [2.05, 4.69) is 23.9 Å². The molecule has 20 heavy (non-hydrogen) atoms. The molecule has 0 aliphatic rings. The Hall–Kier alpha value is -0.430. The number of thiophene rings is 1. The zero-order valence-electron chi connectivity index (χ0n) is 13.0. The average molecular weight is 319 g/mol. The minimum Gasteiger partial charge on any atom is -0.315 e. The first-order valence-corrected chi connectivity index (χ1v) is 9.36. The van der Waals surface area contributed by atoms with Crippen LogP contribution in [0.2, 0.25) is 0 Å². The fraction of sp³-hybridized carbons (Fsp3) is 0.714. The summed E-state index contributed by atoms with van der Waals surface area (Å²) in [5.74, 6) is 0.524. The molecule has 0 spiro atoms. The predicted octanol–water partition coefficient (Wildman–Crippen LogP) is 2.88. The summed E-state index contributed by atoms with van der Waals surface area (Å²) in [6, 6.07) is 1.73. The molecule has 0 radical (unpaired) electrons. The van der Waals surface area contributed by atoms with Crippen molar-refractivity contribution in [3.05, 3.63) is 15.8 Å². The first-order valence-electron chi connectivity index (χ1n) is 7.06. The first-order chi connectivity index (χ1) is 9.30. The monoisotopic (exact) mass is 318 g/mol. The predicted molar refractivity (Wildman–Crippen MR) is 85.7 cm³/mol. The third kappa shape index (κ3) is 4.84. The quantitative estimate of drug-likeness (QED) is 0.775. The van der Waals surface area contributed by atoms with E-state index in [4.69, 9.17) is 0 Å². The van der Waals surface area contributed by atoms with Gasteiger partial charge in [-0.15, -0.1) is 11.3 Å². The third-order valence-corrected chi connectivity index (χ3v) is 6.27. The summed E-state index contributed by atoms with van der Waals surface area (Å²) in [5.41, 5.74) is 0. The Bertz CT molecular complexity index is 523. The van der Waals surface area contributed by atoms with Crippen molar-refractivity contribution in [1.82, 2.24) is 10.0 Å². The summed E-state index contributed by atoms with van der Waals surface area (Å²) in [5, 5.41) is 3.05. The lowest BCUT2D eigenvalue weighted by Crippen LogP contribution is -2.33. The van der Waals surface area contributed by atoms with Crippen LogP contribution in [0.15, 0.2) is 11.0 Å². The minimum atomic E-state index is -3.41. The Kier molecular flexibility index (Phi) is 6.64. The second-order valence-electron chi connectivity index (χ2n) is 5.43. The van der Waals surface area contributed by atoms with Crippen LogP contribution in [0.3, 0.4) is 0 Å². The Morgan fingerprint density at radius 1 is 1.35 bits per heavy atom. The Morgan fingerprint density at radius 2 is 2.00 bits per heavy atom. The normalized spacial score (nSPS) is 15.2. The molecule has 0 amide bonds. The molecule has 0 fully saturated rings. The smallest absolute Gasteiger partial charge is 0.241 e. The van der Waals surface area contributed by atoms with Crippen LogP contribution in [0.4, 0.5) is 0 Å². The molecule has 6 heteroatoms. The molecule has 0 aliphatic carbocycles. The highest BCUT2D eigenvalue weighted by Gasteiger charge is 2.22. The number of hydrogen-bond donors (Lipinski definition) is 2. The van der Waals surface area contributed by atoms with Crippen LogP contribution in [0, 0.1) is 12.8 Å². The molecular formula is C14H26N2O2S2. The van der Waals surface area contributed by atoms with Crippen molar-refractivity contribution in [3.8, 4) is 0 Å². The van der Waals surface area contributed by atoms with Gasteiger partial charge in [-0.1, -0.05) is 20.3 Å². The number of nitrogens with one attached hydrogen (secondary N) is 2. The number of hydrogen-bond acceptors (Lipinski definition) is 4. The highest BCUT2D eigenvalue weighted by molar-refractivity contribution is 7.89. The largest absolute Gasteiger partial charge is 0.315 e. The molecular weight excluding hydrogens is 292 g/mol. The van der Waals surface area contributed by atoms with Crippen molar-refractivity contribution in [2.45, 2.75) is 58.0 Å². The van der Waals surface area contributed by atoms with E-state index in [1.54, 1.807) is 6.07 Å². The van der Waals surface area contributed by atoms with Crippen molar-refractivity contribution in [2.75, 3.05) is 7.05 Å². The molecule has 0 bridgehead atoms. The number of sulfonamides is 1. The van der Waals surface area contributed by atoms with Crippen LogP contribution in [0.1, 0.15) is 43.4 Å². The van der Waals surface area contributed by atoms with E-state index in [1.165, 1.54) is 11.3 Å². The van der Waals surface area contributed by atoms with Gasteiger partial charge in [-0.3, -0.25) is 0 Å². The zero-order chi connectivity index (χ0) is 15.3. The van der Waals surface area contributed by atoms with Crippen LogP contribution in [0.25, 0.3) is 0 Å². The van der Waals surface area contributed by atoms with E-state index < -0.39 is 10.0 Å². The molecule has 0 saturated carbocycles. The summed E-state index contributed by atoms with van der Waals surface area (Å²) < 4.78 is 27.6. The maximum Gasteiger partial charge on any atom is 0.241 e. The molecule has 1 aromatic rings. The van der Waals surface area contributed by atoms with Crippen molar-refractivity contribution in [2.24, 2.45) is 5.92 Å². The fourth-order valence-electron chi connectivity index (χ4n) is 2.20. The van der Waals surface area contributed by atoms with Gasteiger partial charge in [-0.2, -0.15) is 0 Å². The second-order valence-corrected chi connectivity index (χ2v) is 8.46. The van der Waals surface area contributed by atoms with Gasteiger partial charge in [0.05, 0.1) is 4.90 Å². The lowest BCUT2D eigenvalue weighted by molar-refractivity contribution is 0.445. The molecule has 4 nitrogen and oxygen atoms in total. The van der Waals surface area contributed by atoms with Crippen LogP contribution in [-0.4, -0.2) is 21.5 Å². The van der Waals surface area contributed by atoms with Gasteiger partial charge < -0.3 is 5.32 Å². The maximum atomic E-state index is 12.4. The van der Waals surface area contributed by atoms with Gasteiger partial charge in [-0.25, -0.2) is 13.1 Å². The zero-order valence-corrected chi connectivity index (χ0v) is 14.6. The van der Waals surface area contributed by atoms with Gasteiger partial charge >= 0.3 is 0 Å². The van der Waals surface area contributed by atoms with Crippen molar-refractivity contribution >= 4 is 21.4 Å². The third-order valence-electron chi connectivity index (χ3n) is 3.37. The molecule has 0 saturated heterocycles. The first kappa shape index (κ1) is 17.6. The molecule has 0 aliphatic heterocycles. The maximum absolute atomic E-state index is 12.4. The minimum absolute atomic E-state index is 0.0398. The molecule has 116 valence electrons. The molecule has 0 aromatic carbocycles. The van der Waals surface area contributed by atoms with E-state index in [1.807, 2.05) is 20.9 Å². The van der Waals surface area contributed by atoms with Crippen molar-refractivity contribution < 1.29 is 8.42 Å². The lowest BCUT2D eigenvalue weighted by Gasteiger charge is -2.17. The molecule has 1 aromatic heterocycles. The Labute approximate surface area is 127 Å². The van der Waals surface area contributed by atoms with Crippen LogP contribution in [0.5, 0.6) is 0 Å². The van der Waals surface area contributed by atoms with Crippen molar-refractivity contribution in [3.63, 3.8) is 0 Å². The molecule has 2 unspecified atom stereocenters. The standard InChI is InChI=1S/C14H26N2O2S2/c1-6-10(2)7-11(3)16-20(17,18)14-8-13(9-15-5)19-12(14)4/h8,10-11,15-16H,6-7,9H2,1-5H3.